The molecule has 6 heteroatoms. The lowest BCUT2D eigenvalue weighted by molar-refractivity contribution is -0.117. The van der Waals surface area contributed by atoms with Crippen LogP contribution >= 0.6 is 0 Å². The Morgan fingerprint density at radius 1 is 1.35 bits per heavy atom. The van der Waals surface area contributed by atoms with Gasteiger partial charge in [-0.2, -0.15) is 0 Å². The number of benzene rings is 1. The highest BCUT2D eigenvalue weighted by Crippen LogP contribution is 2.27. The molecular weight excluding hydrogens is 330 g/mol. The Labute approximate surface area is 155 Å². The summed E-state index contributed by atoms with van der Waals surface area (Å²) in [6.07, 6.45) is 4.96. The highest BCUT2D eigenvalue weighted by Gasteiger charge is 2.24. The maximum Gasteiger partial charge on any atom is 0.321 e. The summed E-state index contributed by atoms with van der Waals surface area (Å²) in [4.78, 5) is 28.2. The third-order valence-corrected chi connectivity index (χ3v) is 5.18. The lowest BCUT2D eigenvalue weighted by Gasteiger charge is -2.29. The molecule has 142 valence electrons. The molecule has 2 fully saturated rings. The predicted molar refractivity (Wildman–Crippen MR) is 103 cm³/mol. The monoisotopic (exact) mass is 359 g/mol. The van der Waals surface area contributed by atoms with Gasteiger partial charge >= 0.3 is 6.03 Å². The van der Waals surface area contributed by atoms with Gasteiger partial charge in [-0.25, -0.2) is 4.79 Å². The number of ether oxygens (including phenoxy) is 1. The fraction of sp³-hybridized carbons (Fsp3) is 0.600. The van der Waals surface area contributed by atoms with E-state index in [2.05, 4.69) is 5.32 Å². The highest BCUT2D eigenvalue weighted by atomic mass is 16.5. The van der Waals surface area contributed by atoms with Crippen molar-refractivity contribution >= 4 is 23.3 Å². The summed E-state index contributed by atoms with van der Waals surface area (Å²) in [7, 11) is 0. The molecule has 1 N–H and O–H groups in total. The molecule has 3 amide bonds. The van der Waals surface area contributed by atoms with Crippen LogP contribution in [0.4, 0.5) is 16.2 Å². The molecule has 0 radical (unpaired) electrons. The molecule has 26 heavy (non-hydrogen) atoms. The minimum Gasteiger partial charge on any atom is -0.376 e. The van der Waals surface area contributed by atoms with Gasteiger partial charge in [0, 0.05) is 44.0 Å². The van der Waals surface area contributed by atoms with Gasteiger partial charge in [0.05, 0.1) is 6.10 Å². The predicted octanol–water partition coefficient (Wildman–Crippen LogP) is 3.54. The van der Waals surface area contributed by atoms with Crippen LogP contribution in [0, 0.1) is 6.92 Å². The van der Waals surface area contributed by atoms with Gasteiger partial charge in [0.15, 0.2) is 0 Å². The van der Waals surface area contributed by atoms with E-state index in [0.717, 1.165) is 49.4 Å². The maximum atomic E-state index is 12.6. The number of urea groups is 1. The minimum absolute atomic E-state index is 0.105. The zero-order valence-electron chi connectivity index (χ0n) is 15.8. The number of nitrogens with one attached hydrogen (secondary N) is 1. The Morgan fingerprint density at radius 3 is 2.81 bits per heavy atom. The average molecular weight is 359 g/mol. The fourth-order valence-corrected chi connectivity index (χ4v) is 3.69. The molecular formula is C20H29N3O3. The summed E-state index contributed by atoms with van der Waals surface area (Å²) in [5.74, 6) is 0.175. The second kappa shape index (κ2) is 8.54. The number of nitrogens with zero attached hydrogens (tertiary/aromatic N) is 2. The molecule has 2 saturated heterocycles. The summed E-state index contributed by atoms with van der Waals surface area (Å²) in [6, 6.07) is 5.63. The Kier molecular flexibility index (Phi) is 6.14. The van der Waals surface area contributed by atoms with Crippen LogP contribution < -0.4 is 10.2 Å². The zero-order chi connectivity index (χ0) is 18.5. The quantitative estimate of drug-likeness (QED) is 0.875. The molecule has 6 nitrogen and oxygen atoms in total. The number of carbonyl (C=O) groups excluding carboxylic acids is 2. The van der Waals surface area contributed by atoms with E-state index in [4.69, 9.17) is 4.74 Å². The average Bonchev–Trinajstić information content (AvgIpc) is 3.06. The normalized spacial score (nSPS) is 20.3. The van der Waals surface area contributed by atoms with Crippen molar-refractivity contribution < 1.29 is 14.3 Å². The molecule has 0 spiro atoms. The first-order valence-electron chi connectivity index (χ1n) is 9.67. The van der Waals surface area contributed by atoms with Crippen molar-refractivity contribution in [1.29, 1.82) is 0 Å². The molecule has 0 saturated carbocycles. The van der Waals surface area contributed by atoms with Gasteiger partial charge < -0.3 is 19.9 Å². The minimum atomic E-state index is -0.105. The lowest BCUT2D eigenvalue weighted by Crippen LogP contribution is -2.41. The van der Waals surface area contributed by atoms with Crippen LogP contribution in [0.25, 0.3) is 0 Å². The largest absolute Gasteiger partial charge is 0.376 e. The van der Waals surface area contributed by atoms with Crippen LogP contribution in [0.3, 0.4) is 0 Å². The highest BCUT2D eigenvalue weighted by molar-refractivity contribution is 5.96. The molecule has 3 rings (SSSR count). The number of hydrogen-bond acceptors (Lipinski definition) is 3. The van der Waals surface area contributed by atoms with E-state index in [0.29, 0.717) is 19.5 Å². The molecule has 2 aliphatic heterocycles. The van der Waals surface area contributed by atoms with Gasteiger partial charge in [0.1, 0.15) is 0 Å². The van der Waals surface area contributed by atoms with Crippen molar-refractivity contribution in [3.05, 3.63) is 23.8 Å². The second-order valence-electron chi connectivity index (χ2n) is 7.11. The molecule has 0 unspecified atom stereocenters. The van der Waals surface area contributed by atoms with Gasteiger partial charge in [-0.05, 0) is 63.3 Å². The van der Waals surface area contributed by atoms with Crippen molar-refractivity contribution in [1.82, 2.24) is 4.90 Å². The third-order valence-electron chi connectivity index (χ3n) is 5.18. The van der Waals surface area contributed by atoms with Crippen LogP contribution in [0.5, 0.6) is 0 Å². The molecule has 1 aromatic carbocycles. The van der Waals surface area contributed by atoms with E-state index >= 15 is 0 Å². The number of amides is 3. The van der Waals surface area contributed by atoms with Crippen molar-refractivity contribution in [2.75, 3.05) is 36.5 Å². The topological polar surface area (TPSA) is 61.9 Å². The number of hydrogen-bond donors (Lipinski definition) is 1. The number of anilines is 2. The smallest absolute Gasteiger partial charge is 0.321 e. The summed E-state index contributed by atoms with van der Waals surface area (Å²) in [5, 5.41) is 2.98. The SMILES string of the molecule is CCN(C[C@@H]1CCCCO1)C(=O)Nc1ccc(N2CCCC2=O)c(C)c1. The number of rotatable bonds is 5. The Morgan fingerprint density at radius 2 is 2.19 bits per heavy atom. The van der Waals surface area contributed by atoms with Crippen LogP contribution in [0.1, 0.15) is 44.6 Å². The number of carbonyl (C=O) groups is 2. The second-order valence-corrected chi connectivity index (χ2v) is 7.11. The van der Waals surface area contributed by atoms with Crippen LogP contribution in [0.15, 0.2) is 18.2 Å². The van der Waals surface area contributed by atoms with Gasteiger partial charge in [0.25, 0.3) is 0 Å². The Balaban J connectivity index is 1.62. The number of likely N-dealkylation sites (N-methyl/N-ethyl adjacent to an activating group) is 1. The van der Waals surface area contributed by atoms with Gasteiger partial charge in [-0.15, -0.1) is 0 Å². The van der Waals surface area contributed by atoms with Gasteiger partial charge in [-0.1, -0.05) is 0 Å². The number of aryl methyl sites for hydroxylation is 1. The van der Waals surface area contributed by atoms with Crippen molar-refractivity contribution in [3.8, 4) is 0 Å². The molecule has 2 heterocycles. The molecule has 0 bridgehead atoms. The molecule has 1 atom stereocenters. The van der Waals surface area contributed by atoms with Crippen molar-refractivity contribution in [2.45, 2.75) is 52.1 Å². The van der Waals surface area contributed by atoms with E-state index in [1.165, 1.54) is 6.42 Å². The zero-order valence-corrected chi connectivity index (χ0v) is 15.8. The molecule has 1 aromatic rings. The van der Waals surface area contributed by atoms with Crippen LogP contribution in [-0.2, 0) is 9.53 Å². The Bertz CT molecular complexity index is 656. The maximum absolute atomic E-state index is 12.6. The first kappa shape index (κ1) is 18.7. The van der Waals surface area contributed by atoms with Gasteiger partial charge in [-0.3, -0.25) is 4.79 Å². The third kappa shape index (κ3) is 4.36. The van der Waals surface area contributed by atoms with Crippen LogP contribution in [0.2, 0.25) is 0 Å². The van der Waals surface area contributed by atoms with E-state index in [9.17, 15) is 9.59 Å². The van der Waals surface area contributed by atoms with Gasteiger partial charge in [0.2, 0.25) is 5.91 Å². The molecule has 0 aromatic heterocycles. The van der Waals surface area contributed by atoms with Crippen LogP contribution in [-0.4, -0.2) is 49.2 Å². The van der Waals surface area contributed by atoms with Crippen molar-refractivity contribution in [2.24, 2.45) is 0 Å². The van der Waals surface area contributed by atoms with E-state index in [1.54, 1.807) is 4.90 Å². The fourth-order valence-electron chi connectivity index (χ4n) is 3.69. The van der Waals surface area contributed by atoms with E-state index in [1.807, 2.05) is 36.9 Å². The summed E-state index contributed by atoms with van der Waals surface area (Å²) < 4.78 is 5.75. The molecule has 0 aliphatic carbocycles. The summed E-state index contributed by atoms with van der Waals surface area (Å²) in [5.41, 5.74) is 2.69. The lowest BCUT2D eigenvalue weighted by atomic mass is 10.1. The summed E-state index contributed by atoms with van der Waals surface area (Å²) >= 11 is 0. The summed E-state index contributed by atoms with van der Waals surface area (Å²) in [6.45, 7) is 6.79. The molecule has 2 aliphatic rings. The first-order chi connectivity index (χ1) is 12.6. The Hall–Kier alpha value is -2.08. The van der Waals surface area contributed by atoms with E-state index < -0.39 is 0 Å². The van der Waals surface area contributed by atoms with Crippen molar-refractivity contribution in [3.63, 3.8) is 0 Å². The standard InChI is InChI=1S/C20H29N3O3/c1-3-22(14-17-7-4-5-12-26-17)20(25)21-16-9-10-18(15(2)13-16)23-11-6-8-19(23)24/h9-10,13,17H,3-8,11-12,14H2,1-2H3,(H,21,25)/t17-/m0/s1. The van der Waals surface area contributed by atoms with E-state index in [-0.39, 0.29) is 18.0 Å². The first-order valence-corrected chi connectivity index (χ1v) is 9.67.